The smallest absolute Gasteiger partial charge is 0.125 e. The molecule has 1 aliphatic heterocycles. The molecule has 0 aliphatic carbocycles. The molecule has 1 N–H and O–H groups in total. The largest absolute Gasteiger partial charge is 0.373 e. The van der Waals surface area contributed by atoms with E-state index in [4.69, 9.17) is 0 Å². The zero-order valence-corrected chi connectivity index (χ0v) is 12.8. The molecule has 0 saturated heterocycles. The van der Waals surface area contributed by atoms with Gasteiger partial charge in [-0.05, 0) is 43.7 Å². The number of unbranched alkanes of at least 4 members (excludes halogenated alkanes) is 3. The van der Waals surface area contributed by atoms with Crippen molar-refractivity contribution in [2.24, 2.45) is 0 Å². The summed E-state index contributed by atoms with van der Waals surface area (Å²) in [6.45, 7) is 4.48. The van der Waals surface area contributed by atoms with Crippen LogP contribution in [0.15, 0.2) is 36.5 Å². The first-order valence-electron chi connectivity index (χ1n) is 7.90. The summed E-state index contributed by atoms with van der Waals surface area (Å²) >= 11 is 0. The standard InChI is InChI=1S/C18H23FN2/c1-3-4-5-6-11-18(2)17-8-7-12-21(17)16-13-14(19)9-10-15(16)20-18/h7-10,12-13,20H,3-6,11H2,1-2H3. The van der Waals surface area contributed by atoms with Gasteiger partial charge in [-0.3, -0.25) is 0 Å². The Bertz CT molecular complexity index is 632. The Morgan fingerprint density at radius 1 is 1.19 bits per heavy atom. The number of rotatable bonds is 5. The Labute approximate surface area is 126 Å². The highest BCUT2D eigenvalue weighted by atomic mass is 19.1. The highest BCUT2D eigenvalue weighted by molar-refractivity contribution is 5.66. The van der Waals surface area contributed by atoms with Crippen molar-refractivity contribution in [3.8, 4) is 5.69 Å². The molecular formula is C18H23FN2. The van der Waals surface area contributed by atoms with Crippen molar-refractivity contribution in [2.75, 3.05) is 5.32 Å². The van der Waals surface area contributed by atoms with Gasteiger partial charge in [0, 0.05) is 11.9 Å². The Hall–Kier alpha value is -1.77. The number of halogens is 1. The minimum Gasteiger partial charge on any atom is -0.373 e. The monoisotopic (exact) mass is 286 g/mol. The van der Waals surface area contributed by atoms with E-state index in [0.717, 1.165) is 17.8 Å². The molecule has 0 amide bonds. The molecule has 1 aliphatic rings. The minimum atomic E-state index is -0.193. The highest BCUT2D eigenvalue weighted by Gasteiger charge is 2.34. The molecule has 1 aromatic carbocycles. The number of hydrogen-bond donors (Lipinski definition) is 1. The maximum absolute atomic E-state index is 13.5. The molecule has 0 bridgehead atoms. The van der Waals surface area contributed by atoms with E-state index in [-0.39, 0.29) is 11.4 Å². The maximum Gasteiger partial charge on any atom is 0.125 e. The van der Waals surface area contributed by atoms with E-state index in [9.17, 15) is 4.39 Å². The SMILES string of the molecule is CCCCCCC1(C)Nc2ccc(F)cc2-n2cccc21. The second kappa shape index (κ2) is 5.55. The Balaban J connectivity index is 1.91. The van der Waals surface area contributed by atoms with Crippen LogP contribution < -0.4 is 5.32 Å². The number of benzene rings is 1. The van der Waals surface area contributed by atoms with Crippen LogP contribution in [0.5, 0.6) is 0 Å². The van der Waals surface area contributed by atoms with Crippen LogP contribution in [0.2, 0.25) is 0 Å². The van der Waals surface area contributed by atoms with Crippen LogP contribution in [0.4, 0.5) is 10.1 Å². The van der Waals surface area contributed by atoms with Crippen LogP contribution in [0, 0.1) is 5.82 Å². The van der Waals surface area contributed by atoms with Crippen molar-refractivity contribution in [3.05, 3.63) is 48.0 Å². The first-order chi connectivity index (χ1) is 10.1. The van der Waals surface area contributed by atoms with Gasteiger partial charge in [0.25, 0.3) is 0 Å². The topological polar surface area (TPSA) is 17.0 Å². The Morgan fingerprint density at radius 2 is 2.05 bits per heavy atom. The number of aromatic nitrogens is 1. The van der Waals surface area contributed by atoms with Gasteiger partial charge in [0.15, 0.2) is 0 Å². The van der Waals surface area contributed by atoms with Gasteiger partial charge in [0.05, 0.1) is 16.9 Å². The Kier molecular flexibility index (Phi) is 3.75. The third-order valence-corrected chi connectivity index (χ3v) is 4.47. The molecule has 3 heteroatoms. The van der Waals surface area contributed by atoms with Crippen molar-refractivity contribution < 1.29 is 4.39 Å². The van der Waals surface area contributed by atoms with E-state index in [1.807, 2.05) is 18.3 Å². The van der Waals surface area contributed by atoms with E-state index >= 15 is 0 Å². The average molecular weight is 286 g/mol. The van der Waals surface area contributed by atoms with Crippen LogP contribution in [0.3, 0.4) is 0 Å². The van der Waals surface area contributed by atoms with Crippen molar-refractivity contribution in [2.45, 2.75) is 51.5 Å². The van der Waals surface area contributed by atoms with E-state index in [1.54, 1.807) is 6.07 Å². The summed E-state index contributed by atoms with van der Waals surface area (Å²) in [4.78, 5) is 0. The molecule has 0 saturated carbocycles. The van der Waals surface area contributed by atoms with Gasteiger partial charge in [-0.1, -0.05) is 32.6 Å². The summed E-state index contributed by atoms with van der Waals surface area (Å²) < 4.78 is 15.7. The lowest BCUT2D eigenvalue weighted by molar-refractivity contribution is 0.435. The molecule has 3 rings (SSSR count). The molecule has 0 radical (unpaired) electrons. The van der Waals surface area contributed by atoms with Crippen LogP contribution in [-0.2, 0) is 5.54 Å². The van der Waals surface area contributed by atoms with Crippen molar-refractivity contribution in [3.63, 3.8) is 0 Å². The third-order valence-electron chi connectivity index (χ3n) is 4.47. The van der Waals surface area contributed by atoms with Gasteiger partial charge in [0.1, 0.15) is 5.82 Å². The van der Waals surface area contributed by atoms with Crippen LogP contribution >= 0.6 is 0 Å². The number of anilines is 1. The van der Waals surface area contributed by atoms with Crippen molar-refractivity contribution in [1.29, 1.82) is 0 Å². The number of nitrogens with one attached hydrogen (secondary N) is 1. The van der Waals surface area contributed by atoms with E-state index < -0.39 is 0 Å². The summed E-state index contributed by atoms with van der Waals surface area (Å²) in [5, 5.41) is 3.63. The second-order valence-electron chi connectivity index (χ2n) is 6.19. The molecular weight excluding hydrogens is 263 g/mol. The lowest BCUT2D eigenvalue weighted by Gasteiger charge is -2.38. The quantitative estimate of drug-likeness (QED) is 0.745. The van der Waals surface area contributed by atoms with Gasteiger partial charge in [-0.15, -0.1) is 0 Å². The normalized spacial score (nSPS) is 19.8. The van der Waals surface area contributed by atoms with Crippen molar-refractivity contribution >= 4 is 5.69 Å². The molecule has 1 unspecified atom stereocenters. The third kappa shape index (κ3) is 2.57. The molecule has 2 aromatic rings. The maximum atomic E-state index is 13.5. The fourth-order valence-electron chi connectivity index (χ4n) is 3.31. The average Bonchev–Trinajstić information content (AvgIpc) is 2.96. The van der Waals surface area contributed by atoms with Crippen LogP contribution in [0.25, 0.3) is 5.69 Å². The van der Waals surface area contributed by atoms with E-state index in [1.165, 1.54) is 37.4 Å². The summed E-state index contributed by atoms with van der Waals surface area (Å²) in [5.41, 5.74) is 3.05. The Morgan fingerprint density at radius 3 is 2.86 bits per heavy atom. The fraction of sp³-hybridized carbons (Fsp3) is 0.444. The van der Waals surface area contributed by atoms with E-state index in [2.05, 4.69) is 29.8 Å². The zero-order valence-electron chi connectivity index (χ0n) is 12.8. The summed E-state index contributed by atoms with van der Waals surface area (Å²) in [6, 6.07) is 9.15. The second-order valence-corrected chi connectivity index (χ2v) is 6.19. The van der Waals surface area contributed by atoms with Gasteiger partial charge in [-0.25, -0.2) is 4.39 Å². The minimum absolute atomic E-state index is 0.0813. The van der Waals surface area contributed by atoms with Crippen molar-refractivity contribution in [1.82, 2.24) is 4.57 Å². The molecule has 1 aromatic heterocycles. The lowest BCUT2D eigenvalue weighted by atomic mass is 9.88. The predicted octanol–water partition coefficient (Wildman–Crippen LogP) is 5.23. The molecule has 0 spiro atoms. The molecule has 112 valence electrons. The fourth-order valence-corrected chi connectivity index (χ4v) is 3.31. The first kappa shape index (κ1) is 14.2. The molecule has 2 heterocycles. The molecule has 1 atom stereocenters. The van der Waals surface area contributed by atoms with E-state index in [0.29, 0.717) is 0 Å². The summed E-state index contributed by atoms with van der Waals surface area (Å²) in [5.74, 6) is -0.193. The first-order valence-corrected chi connectivity index (χ1v) is 7.90. The predicted molar refractivity (Wildman–Crippen MR) is 85.5 cm³/mol. The van der Waals surface area contributed by atoms with Gasteiger partial charge in [0.2, 0.25) is 0 Å². The number of hydrogen-bond acceptors (Lipinski definition) is 1. The molecule has 0 fully saturated rings. The highest BCUT2D eigenvalue weighted by Crippen LogP contribution is 2.40. The zero-order chi connectivity index (χ0) is 14.9. The number of nitrogens with zero attached hydrogens (tertiary/aromatic N) is 1. The van der Waals surface area contributed by atoms with Gasteiger partial charge in [-0.2, -0.15) is 0 Å². The van der Waals surface area contributed by atoms with Gasteiger partial charge >= 0.3 is 0 Å². The van der Waals surface area contributed by atoms with Gasteiger partial charge < -0.3 is 9.88 Å². The lowest BCUT2D eigenvalue weighted by Crippen LogP contribution is -2.37. The van der Waals surface area contributed by atoms with Crippen LogP contribution in [-0.4, -0.2) is 4.57 Å². The molecule has 21 heavy (non-hydrogen) atoms. The van der Waals surface area contributed by atoms with Crippen LogP contribution in [0.1, 0.15) is 51.6 Å². The summed E-state index contributed by atoms with van der Waals surface area (Å²) in [6.07, 6.45) is 8.14. The summed E-state index contributed by atoms with van der Waals surface area (Å²) in [7, 11) is 0. The molecule has 2 nitrogen and oxygen atoms in total. The number of fused-ring (bicyclic) bond motifs is 3.